The van der Waals surface area contributed by atoms with Crippen molar-refractivity contribution in [2.45, 2.75) is 4.90 Å². The first-order chi connectivity index (χ1) is 17.8. The van der Waals surface area contributed by atoms with Gasteiger partial charge in [-0.25, -0.2) is 23.0 Å². The number of anilines is 1. The predicted molar refractivity (Wildman–Crippen MR) is 137 cm³/mol. The number of halogens is 1. The maximum Gasteiger partial charge on any atom is 0.346 e. The smallest absolute Gasteiger partial charge is 0.346 e. The molecule has 0 heterocycles. The summed E-state index contributed by atoms with van der Waals surface area (Å²) in [6, 6.07) is 25.6. The number of carbonyl (C=O) groups is 2. The number of hydrazone groups is 1. The van der Waals surface area contributed by atoms with Gasteiger partial charge in [0.05, 0.1) is 16.7 Å². The average molecular weight is 518 g/mol. The second-order valence-corrected chi connectivity index (χ2v) is 9.32. The van der Waals surface area contributed by atoms with Crippen molar-refractivity contribution < 1.29 is 27.1 Å². The molecule has 4 rings (SSSR count). The van der Waals surface area contributed by atoms with Crippen molar-refractivity contribution in [1.82, 2.24) is 5.43 Å². The highest BCUT2D eigenvalue weighted by molar-refractivity contribution is 7.92. The molecule has 2 N–H and O–H groups in total. The Morgan fingerprint density at radius 1 is 0.811 bits per heavy atom. The summed E-state index contributed by atoms with van der Waals surface area (Å²) in [5.41, 5.74) is 3.40. The van der Waals surface area contributed by atoms with E-state index in [0.29, 0.717) is 11.3 Å². The van der Waals surface area contributed by atoms with E-state index in [1.807, 2.05) is 0 Å². The zero-order valence-corrected chi connectivity index (χ0v) is 20.0. The number of nitrogens with zero attached hydrogens (tertiary/aromatic N) is 1. The lowest BCUT2D eigenvalue weighted by Gasteiger charge is -2.08. The number of hydrogen-bond acceptors (Lipinski definition) is 6. The second kappa shape index (κ2) is 11.3. The highest BCUT2D eigenvalue weighted by Gasteiger charge is 2.14. The lowest BCUT2D eigenvalue weighted by molar-refractivity contribution is 0.0729. The molecule has 0 bridgehead atoms. The van der Waals surface area contributed by atoms with Crippen LogP contribution in [-0.4, -0.2) is 26.5 Å². The first kappa shape index (κ1) is 25.3. The molecular formula is C27H20FN3O5S. The Morgan fingerprint density at radius 2 is 1.46 bits per heavy atom. The number of ether oxygens (including phenoxy) is 1. The maximum atomic E-state index is 13.7. The molecule has 37 heavy (non-hydrogen) atoms. The molecule has 0 spiro atoms. The van der Waals surface area contributed by atoms with Gasteiger partial charge in [0.25, 0.3) is 15.9 Å². The summed E-state index contributed by atoms with van der Waals surface area (Å²) >= 11 is 0. The molecule has 0 aliphatic carbocycles. The summed E-state index contributed by atoms with van der Waals surface area (Å²) in [4.78, 5) is 24.6. The van der Waals surface area contributed by atoms with Gasteiger partial charge < -0.3 is 4.74 Å². The molecule has 4 aromatic carbocycles. The molecule has 0 aromatic heterocycles. The van der Waals surface area contributed by atoms with Crippen molar-refractivity contribution in [3.63, 3.8) is 0 Å². The predicted octanol–water partition coefficient (Wildman–Crippen LogP) is 4.61. The molecule has 0 saturated heterocycles. The molecule has 0 aliphatic heterocycles. The van der Waals surface area contributed by atoms with Crippen LogP contribution in [0.1, 0.15) is 26.3 Å². The number of benzene rings is 4. The van der Waals surface area contributed by atoms with Gasteiger partial charge in [-0.1, -0.05) is 30.3 Å². The van der Waals surface area contributed by atoms with Crippen molar-refractivity contribution >= 4 is 33.8 Å². The summed E-state index contributed by atoms with van der Waals surface area (Å²) in [5, 5.41) is 3.90. The third kappa shape index (κ3) is 6.65. The van der Waals surface area contributed by atoms with Crippen molar-refractivity contribution in [3.8, 4) is 5.75 Å². The number of hydrogen-bond donors (Lipinski definition) is 2. The fourth-order valence-corrected chi connectivity index (χ4v) is 4.22. The van der Waals surface area contributed by atoms with Gasteiger partial charge in [0.15, 0.2) is 0 Å². The minimum Gasteiger partial charge on any atom is -0.423 e. The van der Waals surface area contributed by atoms with E-state index in [2.05, 4.69) is 15.2 Å². The topological polar surface area (TPSA) is 114 Å². The summed E-state index contributed by atoms with van der Waals surface area (Å²) in [6.45, 7) is 0. The Hall–Kier alpha value is -4.83. The van der Waals surface area contributed by atoms with Crippen LogP contribution in [0.15, 0.2) is 113 Å². The van der Waals surface area contributed by atoms with Crippen LogP contribution >= 0.6 is 0 Å². The minimum absolute atomic E-state index is 0.127. The third-order valence-corrected chi connectivity index (χ3v) is 6.41. The highest BCUT2D eigenvalue weighted by Crippen LogP contribution is 2.17. The van der Waals surface area contributed by atoms with Gasteiger partial charge in [-0.05, 0) is 78.4 Å². The van der Waals surface area contributed by atoms with Gasteiger partial charge in [-0.15, -0.1) is 0 Å². The SMILES string of the molecule is O=C(NN=Cc1ccc(OC(=O)c2ccccc2F)cc1)c1ccc(NS(=O)(=O)c2ccccc2)cc1. The van der Waals surface area contributed by atoms with Gasteiger partial charge >= 0.3 is 5.97 Å². The molecule has 0 aliphatic rings. The molecule has 0 fully saturated rings. The third-order valence-electron chi connectivity index (χ3n) is 5.02. The Balaban J connectivity index is 1.31. The van der Waals surface area contributed by atoms with E-state index in [1.54, 1.807) is 30.3 Å². The fraction of sp³-hybridized carbons (Fsp3) is 0. The van der Waals surface area contributed by atoms with Crippen molar-refractivity contribution in [1.29, 1.82) is 0 Å². The normalized spacial score (nSPS) is 11.2. The summed E-state index contributed by atoms with van der Waals surface area (Å²) in [5.74, 6) is -1.76. The number of nitrogens with one attached hydrogen (secondary N) is 2. The second-order valence-electron chi connectivity index (χ2n) is 7.63. The van der Waals surface area contributed by atoms with E-state index >= 15 is 0 Å². The monoisotopic (exact) mass is 517 g/mol. The molecule has 1 amide bonds. The van der Waals surface area contributed by atoms with E-state index in [4.69, 9.17) is 4.74 Å². The molecule has 4 aromatic rings. The zero-order chi connectivity index (χ0) is 26.3. The van der Waals surface area contributed by atoms with Crippen LogP contribution in [0.2, 0.25) is 0 Å². The molecule has 0 atom stereocenters. The van der Waals surface area contributed by atoms with E-state index in [9.17, 15) is 22.4 Å². The summed E-state index contributed by atoms with van der Waals surface area (Å²) in [7, 11) is -3.74. The standard InChI is InChI=1S/C27H20FN3O5S/c28-25-9-5-4-8-24(25)27(33)36-22-16-10-19(11-17-22)18-29-30-26(32)20-12-14-21(15-13-20)31-37(34,35)23-6-2-1-3-7-23/h1-18,31H,(H,30,32). The van der Waals surface area contributed by atoms with E-state index < -0.39 is 27.7 Å². The Kier molecular flexibility index (Phi) is 7.70. The highest BCUT2D eigenvalue weighted by atomic mass is 32.2. The number of amides is 1. The van der Waals surface area contributed by atoms with Crippen LogP contribution in [0.4, 0.5) is 10.1 Å². The first-order valence-corrected chi connectivity index (χ1v) is 12.4. The molecule has 186 valence electrons. The zero-order valence-electron chi connectivity index (χ0n) is 19.2. The van der Waals surface area contributed by atoms with E-state index in [-0.39, 0.29) is 21.8 Å². The van der Waals surface area contributed by atoms with Crippen LogP contribution < -0.4 is 14.9 Å². The molecule has 8 nitrogen and oxygen atoms in total. The van der Waals surface area contributed by atoms with E-state index in [0.717, 1.165) is 0 Å². The van der Waals surface area contributed by atoms with E-state index in [1.165, 1.54) is 79.0 Å². The lowest BCUT2D eigenvalue weighted by atomic mass is 10.2. The summed E-state index contributed by atoms with van der Waals surface area (Å²) in [6.07, 6.45) is 1.39. The Labute approximate surface area is 212 Å². The van der Waals surface area contributed by atoms with Gasteiger partial charge in [-0.2, -0.15) is 5.10 Å². The molecule has 0 unspecified atom stereocenters. The van der Waals surface area contributed by atoms with Gasteiger partial charge in [0.1, 0.15) is 11.6 Å². The number of sulfonamides is 1. The molecule has 0 radical (unpaired) electrons. The van der Waals surface area contributed by atoms with Gasteiger partial charge in [0, 0.05) is 11.3 Å². The lowest BCUT2D eigenvalue weighted by Crippen LogP contribution is -2.18. The Morgan fingerprint density at radius 3 is 2.14 bits per heavy atom. The van der Waals surface area contributed by atoms with Crippen molar-refractivity contribution in [3.05, 3.63) is 126 Å². The molecule has 0 saturated carbocycles. The molecule has 10 heteroatoms. The Bertz CT molecular complexity index is 1540. The first-order valence-electron chi connectivity index (χ1n) is 10.9. The summed E-state index contributed by atoms with van der Waals surface area (Å²) < 4.78 is 46.1. The van der Waals surface area contributed by atoms with Crippen LogP contribution in [0.3, 0.4) is 0 Å². The van der Waals surface area contributed by atoms with Crippen LogP contribution in [0, 0.1) is 5.82 Å². The van der Waals surface area contributed by atoms with Crippen LogP contribution in [-0.2, 0) is 10.0 Å². The van der Waals surface area contributed by atoms with Crippen LogP contribution in [0.25, 0.3) is 0 Å². The maximum absolute atomic E-state index is 13.7. The van der Waals surface area contributed by atoms with Gasteiger partial charge in [-0.3, -0.25) is 9.52 Å². The fourth-order valence-electron chi connectivity index (χ4n) is 3.14. The average Bonchev–Trinajstić information content (AvgIpc) is 2.90. The van der Waals surface area contributed by atoms with Crippen molar-refractivity contribution in [2.75, 3.05) is 4.72 Å². The number of esters is 1. The largest absolute Gasteiger partial charge is 0.423 e. The van der Waals surface area contributed by atoms with Crippen LogP contribution in [0.5, 0.6) is 5.75 Å². The number of rotatable bonds is 8. The van der Waals surface area contributed by atoms with Crippen molar-refractivity contribution in [2.24, 2.45) is 5.10 Å². The minimum atomic E-state index is -3.74. The number of carbonyl (C=O) groups excluding carboxylic acids is 2. The quantitative estimate of drug-likeness (QED) is 0.153. The molecular weight excluding hydrogens is 497 g/mol. The van der Waals surface area contributed by atoms with Gasteiger partial charge in [0.2, 0.25) is 0 Å².